The van der Waals surface area contributed by atoms with Crippen LogP contribution in [0.2, 0.25) is 0 Å². The molecule has 0 saturated carbocycles. The van der Waals surface area contributed by atoms with E-state index < -0.39 is 6.10 Å². The van der Waals surface area contributed by atoms with Gasteiger partial charge in [0.1, 0.15) is 13.2 Å². The van der Waals surface area contributed by atoms with Crippen LogP contribution in [0.5, 0.6) is 0 Å². The van der Waals surface area contributed by atoms with Crippen LogP contribution in [0.25, 0.3) is 0 Å². The lowest BCUT2D eigenvalue weighted by Gasteiger charge is -2.18. The van der Waals surface area contributed by atoms with Crippen molar-refractivity contribution in [3.8, 4) is 0 Å². The Labute approximate surface area is 504 Å². The van der Waals surface area contributed by atoms with Gasteiger partial charge in [0.25, 0.3) is 0 Å². The molecule has 6 nitrogen and oxygen atoms in total. The van der Waals surface area contributed by atoms with Crippen LogP contribution in [0.4, 0.5) is 0 Å². The van der Waals surface area contributed by atoms with E-state index in [0.717, 1.165) is 96.3 Å². The Morgan fingerprint density at radius 1 is 0.259 bits per heavy atom. The number of carbonyl (C=O) groups is 3. The number of carbonyl (C=O) groups excluding carboxylic acids is 3. The Morgan fingerprint density at radius 2 is 0.506 bits per heavy atom. The third kappa shape index (κ3) is 67.8. The number of unbranched alkanes of at least 4 members (excludes halogenated alkanes) is 45. The molecule has 1 atom stereocenters. The van der Waals surface area contributed by atoms with E-state index in [1.807, 2.05) is 0 Å². The second-order valence-corrected chi connectivity index (χ2v) is 24.1. The molecule has 0 aromatic heterocycles. The quantitative estimate of drug-likeness (QED) is 0.0261. The third-order valence-electron chi connectivity index (χ3n) is 16.0. The van der Waals surface area contributed by atoms with Crippen molar-refractivity contribution < 1.29 is 28.6 Å². The van der Waals surface area contributed by atoms with Crippen LogP contribution in [0, 0.1) is 0 Å². The first kappa shape index (κ1) is 78.1. The first-order valence-electron chi connectivity index (χ1n) is 35.8. The first-order valence-corrected chi connectivity index (χ1v) is 35.8. The zero-order chi connectivity index (χ0) is 58.5. The monoisotopic (exact) mass is 1130 g/mol. The molecule has 0 rings (SSSR count). The fraction of sp³-hybridized carbons (Fsp3) is 0.827. The Hall–Kier alpha value is -2.89. The fourth-order valence-corrected chi connectivity index (χ4v) is 10.7. The topological polar surface area (TPSA) is 78.9 Å². The zero-order valence-electron chi connectivity index (χ0n) is 54.3. The maximum Gasteiger partial charge on any atom is 0.306 e. The van der Waals surface area contributed by atoms with Crippen molar-refractivity contribution in [1.29, 1.82) is 0 Å². The van der Waals surface area contributed by atoms with Gasteiger partial charge < -0.3 is 14.2 Å². The molecule has 0 aliphatic heterocycles. The number of ether oxygens (including phenoxy) is 3. The first-order chi connectivity index (χ1) is 40.0. The van der Waals surface area contributed by atoms with E-state index in [0.29, 0.717) is 19.3 Å². The highest BCUT2D eigenvalue weighted by Crippen LogP contribution is 2.19. The van der Waals surface area contributed by atoms with Gasteiger partial charge in [0.05, 0.1) is 0 Å². The molecule has 0 aromatic rings. The van der Waals surface area contributed by atoms with Crippen LogP contribution >= 0.6 is 0 Å². The molecule has 81 heavy (non-hydrogen) atoms. The second kappa shape index (κ2) is 69.6. The predicted molar refractivity (Wildman–Crippen MR) is 353 cm³/mol. The summed E-state index contributed by atoms with van der Waals surface area (Å²) in [5, 5.41) is 0. The molecule has 0 aliphatic rings. The van der Waals surface area contributed by atoms with Gasteiger partial charge in [-0.1, -0.05) is 345 Å². The van der Waals surface area contributed by atoms with Crippen molar-refractivity contribution >= 4 is 17.9 Å². The van der Waals surface area contributed by atoms with Crippen LogP contribution in [-0.2, 0) is 28.6 Å². The van der Waals surface area contributed by atoms with E-state index in [1.54, 1.807) is 0 Å². The van der Waals surface area contributed by atoms with Gasteiger partial charge in [-0.05, 0) is 77.0 Å². The Kier molecular flexibility index (Phi) is 67.1. The van der Waals surface area contributed by atoms with Crippen molar-refractivity contribution in [3.05, 3.63) is 60.8 Å². The van der Waals surface area contributed by atoms with Crippen LogP contribution in [0.3, 0.4) is 0 Å². The van der Waals surface area contributed by atoms with Crippen molar-refractivity contribution in [2.24, 2.45) is 0 Å². The van der Waals surface area contributed by atoms with E-state index in [1.165, 1.54) is 244 Å². The average Bonchev–Trinajstić information content (AvgIpc) is 3.47. The molecule has 0 spiro atoms. The molecular formula is C75H136O6. The average molecular weight is 1130 g/mol. The van der Waals surface area contributed by atoms with Gasteiger partial charge >= 0.3 is 17.9 Å². The second-order valence-electron chi connectivity index (χ2n) is 24.1. The van der Waals surface area contributed by atoms with E-state index in [2.05, 4.69) is 81.5 Å². The summed E-state index contributed by atoms with van der Waals surface area (Å²) < 4.78 is 16.9. The molecule has 0 radical (unpaired) electrons. The highest BCUT2D eigenvalue weighted by molar-refractivity contribution is 5.71. The summed E-state index contributed by atoms with van der Waals surface area (Å²) in [6, 6.07) is 0. The molecule has 0 aliphatic carbocycles. The van der Waals surface area contributed by atoms with Gasteiger partial charge in [-0.2, -0.15) is 0 Å². The summed E-state index contributed by atoms with van der Waals surface area (Å²) in [6.45, 7) is 6.52. The lowest BCUT2D eigenvalue weighted by molar-refractivity contribution is -0.167. The smallest absolute Gasteiger partial charge is 0.306 e. The number of rotatable bonds is 66. The highest BCUT2D eigenvalue weighted by atomic mass is 16.6. The summed E-state index contributed by atoms with van der Waals surface area (Å²) in [4.78, 5) is 38.3. The number of hydrogen-bond acceptors (Lipinski definition) is 6. The molecule has 6 heteroatoms. The van der Waals surface area contributed by atoms with Crippen LogP contribution in [0.1, 0.15) is 380 Å². The maximum absolute atomic E-state index is 12.9. The SMILES string of the molecule is CC/C=C\C/C=C\C/C=C\C/C=C\CCCCCCCCCCCCCCCCCCCCCCC(=O)OCC(COC(=O)CCCCCCC/C=C\CCC)OC(=O)CCCCCCCCCCCCCCCCCCCCCC. The summed E-state index contributed by atoms with van der Waals surface area (Å²) in [6.07, 6.45) is 89.9. The van der Waals surface area contributed by atoms with Crippen LogP contribution in [-0.4, -0.2) is 37.2 Å². The normalized spacial score (nSPS) is 12.4. The molecule has 0 saturated heterocycles. The van der Waals surface area contributed by atoms with Gasteiger partial charge in [0.2, 0.25) is 0 Å². The van der Waals surface area contributed by atoms with Gasteiger partial charge in [0.15, 0.2) is 6.10 Å². The van der Waals surface area contributed by atoms with E-state index in [9.17, 15) is 14.4 Å². The Balaban J connectivity index is 4.07. The predicted octanol–water partition coefficient (Wildman–Crippen LogP) is 24.7. The van der Waals surface area contributed by atoms with Crippen LogP contribution < -0.4 is 0 Å². The van der Waals surface area contributed by atoms with E-state index in [-0.39, 0.29) is 31.1 Å². The largest absolute Gasteiger partial charge is 0.462 e. The van der Waals surface area contributed by atoms with Gasteiger partial charge in [0, 0.05) is 19.3 Å². The van der Waals surface area contributed by atoms with E-state index >= 15 is 0 Å². The van der Waals surface area contributed by atoms with Crippen molar-refractivity contribution in [3.63, 3.8) is 0 Å². The molecule has 0 N–H and O–H groups in total. The molecule has 1 unspecified atom stereocenters. The van der Waals surface area contributed by atoms with Gasteiger partial charge in [-0.3, -0.25) is 14.4 Å². The standard InChI is InChI=1S/C75H136O6/c1-4-7-10-13-16-19-22-24-26-28-30-32-33-34-35-36-37-38-39-40-41-42-43-44-46-47-49-51-53-56-59-62-65-68-74(77)80-71-72(70-79-73(76)67-64-61-58-55-21-18-15-12-9-6-3)81-75(78)69-66-63-60-57-54-52-50-48-45-31-29-27-25-23-20-17-14-11-8-5-2/h7,10,12,15-16,19,24,26,30,32,72H,4-6,8-9,11,13-14,17-18,20-23,25,27-29,31,33-71H2,1-3H3/b10-7-,15-12-,19-16-,26-24-,32-30-. The zero-order valence-corrected chi connectivity index (χ0v) is 54.3. The van der Waals surface area contributed by atoms with Crippen LogP contribution in [0.15, 0.2) is 60.8 Å². The molecule has 0 amide bonds. The maximum atomic E-state index is 12.9. The van der Waals surface area contributed by atoms with Crippen molar-refractivity contribution in [2.45, 2.75) is 386 Å². The molecule has 472 valence electrons. The minimum atomic E-state index is -0.773. The Bertz CT molecular complexity index is 1440. The summed E-state index contributed by atoms with van der Waals surface area (Å²) in [5.41, 5.74) is 0. The summed E-state index contributed by atoms with van der Waals surface area (Å²) >= 11 is 0. The fourth-order valence-electron chi connectivity index (χ4n) is 10.7. The van der Waals surface area contributed by atoms with Crippen molar-refractivity contribution in [1.82, 2.24) is 0 Å². The van der Waals surface area contributed by atoms with Crippen molar-refractivity contribution in [2.75, 3.05) is 13.2 Å². The third-order valence-corrected chi connectivity index (χ3v) is 16.0. The van der Waals surface area contributed by atoms with E-state index in [4.69, 9.17) is 14.2 Å². The summed E-state index contributed by atoms with van der Waals surface area (Å²) in [5.74, 6) is -0.855. The number of esters is 3. The molecule has 0 aromatic carbocycles. The number of hydrogen-bond donors (Lipinski definition) is 0. The minimum absolute atomic E-state index is 0.0703. The highest BCUT2D eigenvalue weighted by Gasteiger charge is 2.19. The Morgan fingerprint density at radius 3 is 0.815 bits per heavy atom. The van der Waals surface area contributed by atoms with Gasteiger partial charge in [-0.15, -0.1) is 0 Å². The number of allylic oxidation sites excluding steroid dienone is 10. The molecule has 0 fully saturated rings. The lowest BCUT2D eigenvalue weighted by atomic mass is 10.0. The van der Waals surface area contributed by atoms with Gasteiger partial charge in [-0.25, -0.2) is 0 Å². The summed E-state index contributed by atoms with van der Waals surface area (Å²) in [7, 11) is 0. The lowest BCUT2D eigenvalue weighted by Crippen LogP contribution is -2.30. The molecule has 0 bridgehead atoms. The molecular weight excluding hydrogens is 997 g/mol. The molecule has 0 heterocycles. The minimum Gasteiger partial charge on any atom is -0.462 e.